The maximum Gasteiger partial charge on any atom is 0.339 e. The Morgan fingerprint density at radius 3 is 2.71 bits per heavy atom. The van der Waals surface area contributed by atoms with E-state index in [1.165, 1.54) is 26.0 Å². The standard InChI is InChI=1S/C15H19ClN2O3/c1-21-15(20)12-7-6-10(16)8-13(12)18-14(19)9-17-11-4-2-3-5-11/h6-8,11,17H,2-5,9H2,1H3,(H,18,19). The quantitative estimate of drug-likeness (QED) is 0.820. The van der Waals surface area contributed by atoms with E-state index < -0.39 is 5.97 Å². The van der Waals surface area contributed by atoms with Crippen molar-refractivity contribution in [1.82, 2.24) is 5.32 Å². The van der Waals surface area contributed by atoms with E-state index in [2.05, 4.69) is 10.6 Å². The molecule has 0 aliphatic heterocycles. The van der Waals surface area contributed by atoms with Crippen LogP contribution in [0.2, 0.25) is 5.02 Å². The van der Waals surface area contributed by atoms with Gasteiger partial charge in [-0.1, -0.05) is 24.4 Å². The number of hydrogen-bond donors (Lipinski definition) is 2. The lowest BCUT2D eigenvalue weighted by Gasteiger charge is -2.13. The number of halogens is 1. The molecule has 1 aromatic carbocycles. The number of ether oxygens (including phenoxy) is 1. The van der Waals surface area contributed by atoms with Crippen molar-refractivity contribution in [3.8, 4) is 0 Å². The third-order valence-electron chi connectivity index (χ3n) is 3.57. The Labute approximate surface area is 129 Å². The van der Waals surface area contributed by atoms with Gasteiger partial charge >= 0.3 is 5.97 Å². The van der Waals surface area contributed by atoms with Crippen LogP contribution in [0.15, 0.2) is 18.2 Å². The van der Waals surface area contributed by atoms with Gasteiger partial charge in [0.05, 0.1) is 24.9 Å². The van der Waals surface area contributed by atoms with E-state index in [0.29, 0.717) is 16.8 Å². The van der Waals surface area contributed by atoms with Crippen LogP contribution < -0.4 is 10.6 Å². The number of esters is 1. The van der Waals surface area contributed by atoms with Gasteiger partial charge in [-0.15, -0.1) is 0 Å². The van der Waals surface area contributed by atoms with Crippen LogP contribution in [0.3, 0.4) is 0 Å². The monoisotopic (exact) mass is 310 g/mol. The molecule has 5 nitrogen and oxygen atoms in total. The largest absolute Gasteiger partial charge is 0.465 e. The highest BCUT2D eigenvalue weighted by molar-refractivity contribution is 6.31. The van der Waals surface area contributed by atoms with Crippen molar-refractivity contribution in [2.24, 2.45) is 0 Å². The Morgan fingerprint density at radius 2 is 2.05 bits per heavy atom. The van der Waals surface area contributed by atoms with Crippen molar-refractivity contribution in [1.29, 1.82) is 0 Å². The summed E-state index contributed by atoms with van der Waals surface area (Å²) in [6, 6.07) is 5.07. The molecule has 21 heavy (non-hydrogen) atoms. The van der Waals surface area contributed by atoms with Crippen molar-refractivity contribution in [3.05, 3.63) is 28.8 Å². The lowest BCUT2D eigenvalue weighted by atomic mass is 10.1. The molecule has 1 aromatic rings. The molecule has 2 N–H and O–H groups in total. The van der Waals surface area contributed by atoms with Crippen molar-refractivity contribution in [2.45, 2.75) is 31.7 Å². The highest BCUT2D eigenvalue weighted by atomic mass is 35.5. The lowest BCUT2D eigenvalue weighted by Crippen LogP contribution is -2.34. The summed E-state index contributed by atoms with van der Waals surface area (Å²) in [5, 5.41) is 6.37. The van der Waals surface area contributed by atoms with Gasteiger partial charge in [-0.2, -0.15) is 0 Å². The third-order valence-corrected chi connectivity index (χ3v) is 3.80. The van der Waals surface area contributed by atoms with Gasteiger partial charge in [-0.05, 0) is 31.0 Å². The third kappa shape index (κ3) is 4.44. The first-order valence-corrected chi connectivity index (χ1v) is 7.39. The molecule has 0 unspecified atom stereocenters. The van der Waals surface area contributed by atoms with Crippen LogP contribution in [-0.4, -0.2) is 31.6 Å². The predicted molar refractivity (Wildman–Crippen MR) is 81.7 cm³/mol. The maximum absolute atomic E-state index is 12.0. The summed E-state index contributed by atoms with van der Waals surface area (Å²) < 4.78 is 4.69. The fraction of sp³-hybridized carbons (Fsp3) is 0.467. The average Bonchev–Trinajstić information content (AvgIpc) is 2.98. The highest BCUT2D eigenvalue weighted by Gasteiger charge is 2.17. The molecule has 6 heteroatoms. The summed E-state index contributed by atoms with van der Waals surface area (Å²) in [4.78, 5) is 23.6. The van der Waals surface area contributed by atoms with E-state index in [0.717, 1.165) is 12.8 Å². The molecular weight excluding hydrogens is 292 g/mol. The molecule has 1 fully saturated rings. The zero-order valence-electron chi connectivity index (χ0n) is 11.9. The first-order chi connectivity index (χ1) is 10.1. The van der Waals surface area contributed by atoms with Gasteiger partial charge in [0, 0.05) is 11.1 Å². The van der Waals surface area contributed by atoms with Crippen LogP contribution in [0.4, 0.5) is 5.69 Å². The summed E-state index contributed by atoms with van der Waals surface area (Å²) in [6.45, 7) is 0.220. The molecule has 0 heterocycles. The number of rotatable bonds is 5. The van der Waals surface area contributed by atoms with Gasteiger partial charge in [0.15, 0.2) is 0 Å². The van der Waals surface area contributed by atoms with E-state index in [4.69, 9.17) is 16.3 Å². The Morgan fingerprint density at radius 1 is 1.33 bits per heavy atom. The predicted octanol–water partition coefficient (Wildman–Crippen LogP) is 2.60. The number of amides is 1. The summed E-state index contributed by atoms with van der Waals surface area (Å²) in [6.07, 6.45) is 4.63. The van der Waals surface area contributed by atoms with Gasteiger partial charge < -0.3 is 15.4 Å². The van der Waals surface area contributed by atoms with Crippen LogP contribution in [-0.2, 0) is 9.53 Å². The smallest absolute Gasteiger partial charge is 0.339 e. The van der Waals surface area contributed by atoms with E-state index >= 15 is 0 Å². The van der Waals surface area contributed by atoms with Crippen LogP contribution in [0.1, 0.15) is 36.0 Å². The molecular formula is C15H19ClN2O3. The highest BCUT2D eigenvalue weighted by Crippen LogP contribution is 2.22. The van der Waals surface area contributed by atoms with E-state index in [1.54, 1.807) is 12.1 Å². The van der Waals surface area contributed by atoms with E-state index in [-0.39, 0.29) is 18.0 Å². The average molecular weight is 311 g/mol. The molecule has 0 aromatic heterocycles. The van der Waals surface area contributed by atoms with Gasteiger partial charge in [0.2, 0.25) is 5.91 Å². The van der Waals surface area contributed by atoms with Crippen LogP contribution in [0, 0.1) is 0 Å². The van der Waals surface area contributed by atoms with Crippen molar-refractivity contribution >= 4 is 29.2 Å². The lowest BCUT2D eigenvalue weighted by molar-refractivity contribution is -0.115. The molecule has 1 saturated carbocycles. The zero-order chi connectivity index (χ0) is 15.2. The van der Waals surface area contributed by atoms with Crippen molar-refractivity contribution < 1.29 is 14.3 Å². The van der Waals surface area contributed by atoms with Crippen LogP contribution in [0.5, 0.6) is 0 Å². The molecule has 2 rings (SSSR count). The number of carbonyl (C=O) groups is 2. The van der Waals surface area contributed by atoms with Crippen molar-refractivity contribution in [3.63, 3.8) is 0 Å². The molecule has 0 atom stereocenters. The topological polar surface area (TPSA) is 67.4 Å². The molecule has 0 bridgehead atoms. The molecule has 0 radical (unpaired) electrons. The second kappa shape index (κ2) is 7.43. The first kappa shape index (κ1) is 15.8. The Kier molecular flexibility index (Phi) is 5.59. The van der Waals surface area contributed by atoms with E-state index in [9.17, 15) is 9.59 Å². The second-order valence-electron chi connectivity index (χ2n) is 5.09. The summed E-state index contributed by atoms with van der Waals surface area (Å²) >= 11 is 5.91. The van der Waals surface area contributed by atoms with Gasteiger partial charge in [-0.25, -0.2) is 4.79 Å². The number of anilines is 1. The number of hydrogen-bond acceptors (Lipinski definition) is 4. The minimum Gasteiger partial charge on any atom is -0.465 e. The summed E-state index contributed by atoms with van der Waals surface area (Å²) in [5.74, 6) is -0.708. The molecule has 0 saturated heterocycles. The number of benzene rings is 1. The van der Waals surface area contributed by atoms with E-state index in [1.807, 2.05) is 0 Å². The Bertz CT molecular complexity index is 528. The van der Waals surface area contributed by atoms with Crippen LogP contribution >= 0.6 is 11.6 Å². The minimum atomic E-state index is -0.509. The molecule has 1 aliphatic rings. The van der Waals surface area contributed by atoms with Gasteiger partial charge in [0.25, 0.3) is 0 Å². The number of methoxy groups -OCH3 is 1. The number of nitrogens with one attached hydrogen (secondary N) is 2. The normalized spacial score (nSPS) is 15.0. The minimum absolute atomic E-state index is 0.200. The van der Waals surface area contributed by atoms with Gasteiger partial charge in [0.1, 0.15) is 0 Å². The van der Waals surface area contributed by atoms with Crippen LogP contribution in [0.25, 0.3) is 0 Å². The Hall–Kier alpha value is -1.59. The molecule has 1 amide bonds. The summed E-state index contributed by atoms with van der Waals surface area (Å²) in [7, 11) is 1.30. The molecule has 1 aliphatic carbocycles. The fourth-order valence-electron chi connectivity index (χ4n) is 2.47. The molecule has 114 valence electrons. The summed E-state index contributed by atoms with van der Waals surface area (Å²) in [5.41, 5.74) is 0.656. The molecule has 0 spiro atoms. The van der Waals surface area contributed by atoms with Crippen molar-refractivity contribution in [2.75, 3.05) is 19.0 Å². The maximum atomic E-state index is 12.0. The van der Waals surface area contributed by atoms with Gasteiger partial charge in [-0.3, -0.25) is 4.79 Å². The fourth-order valence-corrected chi connectivity index (χ4v) is 2.64. The second-order valence-corrected chi connectivity index (χ2v) is 5.53. The first-order valence-electron chi connectivity index (χ1n) is 7.01. The number of carbonyl (C=O) groups excluding carboxylic acids is 2. The SMILES string of the molecule is COC(=O)c1ccc(Cl)cc1NC(=O)CNC1CCCC1. The zero-order valence-corrected chi connectivity index (χ0v) is 12.7. The Balaban J connectivity index is 1.98.